The second kappa shape index (κ2) is 20.6. The zero-order valence-corrected chi connectivity index (χ0v) is 48.3. The molecule has 0 atom stereocenters. The second-order valence-electron chi connectivity index (χ2n) is 24.6. The molecule has 0 spiro atoms. The first-order valence-electron chi connectivity index (χ1n) is 26.4. The summed E-state index contributed by atoms with van der Waals surface area (Å²) in [5, 5.41) is 2.28. The van der Waals surface area contributed by atoms with Crippen molar-refractivity contribution in [3.05, 3.63) is 235 Å². The van der Waals surface area contributed by atoms with Gasteiger partial charge in [0.05, 0.1) is 0 Å². The van der Waals surface area contributed by atoms with Crippen molar-refractivity contribution in [2.75, 3.05) is 0 Å². The zero-order chi connectivity index (χ0) is 52.2. The summed E-state index contributed by atoms with van der Waals surface area (Å²) in [5.41, 5.74) is 23.8. The molecule has 0 fully saturated rings. The van der Waals surface area contributed by atoms with Crippen LogP contribution in [0.1, 0.15) is 105 Å². The summed E-state index contributed by atoms with van der Waals surface area (Å²) in [5.74, 6) is 0. The summed E-state index contributed by atoms with van der Waals surface area (Å²) in [6, 6.07) is 78.9. The van der Waals surface area contributed by atoms with Crippen molar-refractivity contribution in [3.8, 4) is 89.1 Å². The van der Waals surface area contributed by atoms with Gasteiger partial charge < -0.3 is 4.98 Å². The number of fused-ring (bicyclic) bond motifs is 1. The van der Waals surface area contributed by atoms with E-state index < -0.39 is 0 Å². The Balaban J connectivity index is 0.00000689. The average molecular weight is 1150 g/mol. The van der Waals surface area contributed by atoms with Crippen LogP contribution in [0.3, 0.4) is 0 Å². The van der Waals surface area contributed by atoms with Gasteiger partial charge in [-0.3, -0.25) is 0 Å². The maximum atomic E-state index is 4.94. The van der Waals surface area contributed by atoms with Crippen LogP contribution in [0.4, 0.5) is 0 Å². The predicted molar refractivity (Wildman–Crippen MR) is 319 cm³/mol. The van der Waals surface area contributed by atoms with Gasteiger partial charge in [0.2, 0.25) is 0 Å². The van der Waals surface area contributed by atoms with Crippen molar-refractivity contribution in [3.63, 3.8) is 0 Å². The van der Waals surface area contributed by atoms with Gasteiger partial charge in [-0.15, -0.1) is 35.4 Å². The first kappa shape index (κ1) is 52.9. The molecule has 1 nitrogen and oxygen atoms in total. The molecule has 1 heterocycles. The minimum atomic E-state index is 0. The van der Waals surface area contributed by atoms with Crippen molar-refractivity contribution in [1.29, 1.82) is 0 Å². The van der Waals surface area contributed by atoms with Crippen molar-refractivity contribution < 1.29 is 20.1 Å². The van der Waals surface area contributed by atoms with Gasteiger partial charge >= 0.3 is 0 Å². The summed E-state index contributed by atoms with van der Waals surface area (Å²) in [6.07, 6.45) is 1.91. The van der Waals surface area contributed by atoms with Gasteiger partial charge in [0, 0.05) is 26.3 Å². The second-order valence-corrected chi connectivity index (χ2v) is 24.6. The van der Waals surface area contributed by atoms with E-state index in [-0.39, 0.29) is 41.8 Å². The maximum absolute atomic E-state index is 4.94. The van der Waals surface area contributed by atoms with Gasteiger partial charge in [-0.2, -0.15) is 0 Å². The number of hydrogen-bond acceptors (Lipinski definition) is 1. The molecule has 1 aromatic heterocycles. The Hall–Kier alpha value is -6.96. The molecule has 9 aromatic carbocycles. The Morgan fingerprint density at radius 1 is 0.293 bits per heavy atom. The number of nitrogens with zero attached hydrogens (tertiary/aromatic N) is 1. The van der Waals surface area contributed by atoms with Crippen LogP contribution in [0.25, 0.3) is 99.9 Å². The zero-order valence-electron chi connectivity index (χ0n) is 45.9. The third-order valence-electron chi connectivity index (χ3n) is 14.9. The Morgan fingerprint density at radius 2 is 0.587 bits per heavy atom. The smallest absolute Gasteiger partial charge is 0.0167 e. The number of pyridine rings is 1. The third kappa shape index (κ3) is 11.6. The van der Waals surface area contributed by atoms with E-state index in [4.69, 9.17) is 4.98 Å². The molecule has 0 saturated carbocycles. The van der Waals surface area contributed by atoms with Gasteiger partial charge in [0.1, 0.15) is 0 Å². The molecule has 0 aliphatic heterocycles. The molecule has 0 amide bonds. The fourth-order valence-electron chi connectivity index (χ4n) is 10.2. The molecule has 0 saturated heterocycles. The summed E-state index contributed by atoms with van der Waals surface area (Å²) in [7, 11) is 0. The van der Waals surface area contributed by atoms with E-state index in [0.29, 0.717) is 0 Å². The predicted octanol–water partition coefficient (Wildman–Crippen LogP) is 20.6. The Morgan fingerprint density at radius 3 is 0.907 bits per heavy atom. The maximum Gasteiger partial charge on any atom is 0.0167 e. The Bertz CT molecular complexity index is 3300. The van der Waals surface area contributed by atoms with Crippen molar-refractivity contribution in [2.24, 2.45) is 0 Å². The molecule has 2 heteroatoms. The van der Waals surface area contributed by atoms with Crippen LogP contribution >= 0.6 is 0 Å². The first-order valence-corrected chi connectivity index (χ1v) is 26.4. The van der Waals surface area contributed by atoms with Gasteiger partial charge in [0.25, 0.3) is 0 Å². The van der Waals surface area contributed by atoms with Gasteiger partial charge in [-0.25, -0.2) is 0 Å². The minimum absolute atomic E-state index is 0. The standard InChI is InChI=1S/C73H70N.Ir/c1-70(2,3)64-28-20-48(21-29-64)55-39-56(49-22-30-65(31-23-49)71(4,5)6)42-60(41-55)62-45-59(53-17-15-18-54(38-53)69-68-19-14-13-16-52(68)36-37-74-69)46-63(47-62)61-43-57(50-24-32-66(33-25-50)72(7,8)9)40-58(44-61)51-26-34-67(35-27-51)73(10,11)12;/h13-17,19-47H,1-12H3;/q-1;. The number of benzene rings is 9. The molecule has 0 bridgehead atoms. The van der Waals surface area contributed by atoms with E-state index >= 15 is 0 Å². The number of hydrogen-bond donors (Lipinski definition) is 0. The molecule has 1 radical (unpaired) electrons. The fourth-order valence-corrected chi connectivity index (χ4v) is 10.2. The monoisotopic (exact) mass is 1150 g/mol. The minimum Gasteiger partial charge on any atom is -0.304 e. The van der Waals surface area contributed by atoms with Crippen LogP contribution in [-0.4, -0.2) is 4.98 Å². The SMILES string of the molecule is CC(C)(C)c1ccc(-c2cc(-c3ccc(C(C)(C)C)cc3)cc(-c3cc(-c4cc[c-]c(-c5nccc6ccccc56)c4)cc(-c4cc(-c5ccc(C(C)(C)C)cc5)cc(-c5ccc(C(C)(C)C)cc5)c4)c3)c2)cc1.[Ir]. The summed E-state index contributed by atoms with van der Waals surface area (Å²) >= 11 is 0. The van der Waals surface area contributed by atoms with Gasteiger partial charge in [-0.05, 0) is 193 Å². The summed E-state index contributed by atoms with van der Waals surface area (Å²) < 4.78 is 0. The summed E-state index contributed by atoms with van der Waals surface area (Å²) in [4.78, 5) is 4.94. The molecular weight excluding hydrogens is 1080 g/mol. The van der Waals surface area contributed by atoms with Gasteiger partial charge in [-0.1, -0.05) is 204 Å². The Kier molecular flexibility index (Phi) is 14.5. The molecule has 75 heavy (non-hydrogen) atoms. The van der Waals surface area contributed by atoms with Crippen LogP contribution in [0.2, 0.25) is 0 Å². The first-order chi connectivity index (χ1) is 35.1. The van der Waals surface area contributed by atoms with E-state index in [2.05, 4.69) is 289 Å². The molecule has 10 aromatic rings. The average Bonchev–Trinajstić information content (AvgIpc) is 3.39. The topological polar surface area (TPSA) is 12.9 Å². The van der Waals surface area contributed by atoms with E-state index in [9.17, 15) is 0 Å². The molecule has 0 aliphatic rings. The van der Waals surface area contributed by atoms with Gasteiger partial charge in [0.15, 0.2) is 0 Å². The fraction of sp³-hybridized carbons (Fsp3) is 0.219. The number of rotatable bonds is 8. The van der Waals surface area contributed by atoms with Crippen LogP contribution in [0, 0.1) is 6.07 Å². The molecule has 10 rings (SSSR count). The molecular formula is C73H70IrN-. The van der Waals surface area contributed by atoms with Crippen molar-refractivity contribution in [2.45, 2.75) is 105 Å². The molecule has 0 unspecified atom stereocenters. The summed E-state index contributed by atoms with van der Waals surface area (Å²) in [6.45, 7) is 27.4. The Labute approximate surface area is 461 Å². The quantitative estimate of drug-likeness (QED) is 0.138. The number of aromatic nitrogens is 1. The molecule has 377 valence electrons. The third-order valence-corrected chi connectivity index (χ3v) is 14.9. The van der Waals surface area contributed by atoms with E-state index in [1.54, 1.807) is 0 Å². The van der Waals surface area contributed by atoms with Crippen LogP contribution < -0.4 is 0 Å². The normalized spacial score (nSPS) is 12.2. The van der Waals surface area contributed by atoms with E-state index in [0.717, 1.165) is 55.4 Å². The van der Waals surface area contributed by atoms with Crippen LogP contribution in [0.15, 0.2) is 206 Å². The van der Waals surface area contributed by atoms with E-state index in [1.807, 2.05) is 6.20 Å². The molecule has 0 aliphatic carbocycles. The largest absolute Gasteiger partial charge is 0.304 e. The van der Waals surface area contributed by atoms with Crippen LogP contribution in [0.5, 0.6) is 0 Å². The molecule has 0 N–H and O–H groups in total. The van der Waals surface area contributed by atoms with Crippen molar-refractivity contribution in [1.82, 2.24) is 4.98 Å². The van der Waals surface area contributed by atoms with Crippen molar-refractivity contribution >= 4 is 10.8 Å². The van der Waals surface area contributed by atoms with Crippen LogP contribution in [-0.2, 0) is 41.8 Å². The van der Waals surface area contributed by atoms with E-state index in [1.165, 1.54) is 66.8 Å².